The molecule has 1 aromatic carbocycles. The number of rotatable bonds is 6. The highest BCUT2D eigenvalue weighted by atomic mass is 15.3. The number of aliphatic imine (C=N–C) groups is 1. The lowest BCUT2D eigenvalue weighted by Crippen LogP contribution is -2.40. The zero-order chi connectivity index (χ0) is 18.2. The zero-order valence-electron chi connectivity index (χ0n) is 16.7. The molecule has 1 aromatic rings. The summed E-state index contributed by atoms with van der Waals surface area (Å²) < 4.78 is 0. The topological polar surface area (TPSA) is 30.9 Å². The molecule has 0 aromatic heterocycles. The third kappa shape index (κ3) is 5.73. The molecule has 2 heterocycles. The van der Waals surface area contributed by atoms with E-state index < -0.39 is 0 Å². The normalized spacial score (nSPS) is 22.8. The Kier molecular flexibility index (Phi) is 7.36. The van der Waals surface area contributed by atoms with Gasteiger partial charge in [-0.1, -0.05) is 30.3 Å². The van der Waals surface area contributed by atoms with Gasteiger partial charge in [0, 0.05) is 26.2 Å². The van der Waals surface area contributed by atoms with Crippen LogP contribution < -0.4 is 5.32 Å². The first kappa shape index (κ1) is 19.2. The standard InChI is InChI=1S/C22H36N4/c1-3-23-22(24-13-9-19-10-14-25(2)15-11-19)26-16-12-21(18-26)17-20-7-5-4-6-8-20/h4-8,19,21H,3,9-18H2,1-2H3,(H,23,24). The van der Waals surface area contributed by atoms with E-state index in [-0.39, 0.29) is 0 Å². The van der Waals surface area contributed by atoms with Crippen molar-refractivity contribution in [3.8, 4) is 0 Å². The summed E-state index contributed by atoms with van der Waals surface area (Å²) in [5.41, 5.74) is 1.46. The maximum Gasteiger partial charge on any atom is 0.193 e. The minimum absolute atomic E-state index is 0.745. The highest BCUT2D eigenvalue weighted by Crippen LogP contribution is 2.22. The minimum Gasteiger partial charge on any atom is -0.357 e. The van der Waals surface area contributed by atoms with Gasteiger partial charge in [0.25, 0.3) is 0 Å². The molecule has 0 amide bonds. The number of nitrogens with zero attached hydrogens (tertiary/aromatic N) is 3. The van der Waals surface area contributed by atoms with Gasteiger partial charge in [-0.2, -0.15) is 0 Å². The summed E-state index contributed by atoms with van der Waals surface area (Å²) in [5, 5.41) is 3.52. The molecule has 26 heavy (non-hydrogen) atoms. The highest BCUT2D eigenvalue weighted by Gasteiger charge is 2.25. The van der Waals surface area contributed by atoms with Gasteiger partial charge in [-0.25, -0.2) is 0 Å². The lowest BCUT2D eigenvalue weighted by atomic mass is 9.94. The summed E-state index contributed by atoms with van der Waals surface area (Å²) in [6.45, 7) is 8.86. The van der Waals surface area contributed by atoms with Gasteiger partial charge in [-0.15, -0.1) is 0 Å². The van der Waals surface area contributed by atoms with Crippen LogP contribution >= 0.6 is 0 Å². The first-order valence-corrected chi connectivity index (χ1v) is 10.5. The molecule has 2 aliphatic rings. The zero-order valence-corrected chi connectivity index (χ0v) is 16.7. The van der Waals surface area contributed by atoms with Crippen molar-refractivity contribution in [2.24, 2.45) is 16.8 Å². The molecule has 1 unspecified atom stereocenters. The number of nitrogens with one attached hydrogen (secondary N) is 1. The second-order valence-corrected chi connectivity index (χ2v) is 8.06. The maximum absolute atomic E-state index is 4.97. The number of benzene rings is 1. The van der Waals surface area contributed by atoms with Crippen molar-refractivity contribution < 1.29 is 0 Å². The number of likely N-dealkylation sites (tertiary alicyclic amines) is 2. The van der Waals surface area contributed by atoms with Gasteiger partial charge in [0.2, 0.25) is 0 Å². The van der Waals surface area contributed by atoms with Gasteiger partial charge in [0.15, 0.2) is 5.96 Å². The van der Waals surface area contributed by atoms with Crippen molar-refractivity contribution >= 4 is 5.96 Å². The molecule has 4 nitrogen and oxygen atoms in total. The average Bonchev–Trinajstić information content (AvgIpc) is 3.12. The van der Waals surface area contributed by atoms with Crippen LogP contribution in [0.2, 0.25) is 0 Å². The lowest BCUT2D eigenvalue weighted by Gasteiger charge is -2.28. The van der Waals surface area contributed by atoms with Crippen LogP contribution in [0.3, 0.4) is 0 Å². The molecule has 2 aliphatic heterocycles. The Morgan fingerprint density at radius 3 is 2.54 bits per heavy atom. The molecular formula is C22H36N4. The van der Waals surface area contributed by atoms with E-state index in [1.165, 1.54) is 50.8 Å². The van der Waals surface area contributed by atoms with Crippen LogP contribution in [-0.4, -0.2) is 62.1 Å². The summed E-state index contributed by atoms with van der Waals surface area (Å²) in [5.74, 6) is 2.74. The third-order valence-corrected chi connectivity index (χ3v) is 5.92. The minimum atomic E-state index is 0.745. The van der Waals surface area contributed by atoms with Crippen LogP contribution in [0.5, 0.6) is 0 Å². The Morgan fingerprint density at radius 1 is 1.08 bits per heavy atom. The second-order valence-electron chi connectivity index (χ2n) is 8.06. The Hall–Kier alpha value is -1.55. The van der Waals surface area contributed by atoms with Crippen LogP contribution in [0.25, 0.3) is 0 Å². The molecular weight excluding hydrogens is 320 g/mol. The van der Waals surface area contributed by atoms with Crippen LogP contribution in [-0.2, 0) is 6.42 Å². The van der Waals surface area contributed by atoms with Crippen molar-refractivity contribution in [3.63, 3.8) is 0 Å². The van der Waals surface area contributed by atoms with Crippen LogP contribution in [0.15, 0.2) is 35.3 Å². The van der Waals surface area contributed by atoms with Gasteiger partial charge in [0.1, 0.15) is 0 Å². The number of piperidine rings is 1. The van der Waals surface area contributed by atoms with E-state index in [9.17, 15) is 0 Å². The van der Waals surface area contributed by atoms with Crippen molar-refractivity contribution in [1.82, 2.24) is 15.1 Å². The van der Waals surface area contributed by atoms with Crippen LogP contribution in [0.4, 0.5) is 0 Å². The largest absolute Gasteiger partial charge is 0.357 e. The molecule has 2 saturated heterocycles. The molecule has 3 rings (SSSR count). The van der Waals surface area contributed by atoms with E-state index in [4.69, 9.17) is 4.99 Å². The monoisotopic (exact) mass is 356 g/mol. The first-order chi connectivity index (χ1) is 12.7. The number of hydrogen-bond acceptors (Lipinski definition) is 2. The predicted octanol–water partition coefficient (Wildman–Crippen LogP) is 3.25. The Bertz CT molecular complexity index is 549. The maximum atomic E-state index is 4.97. The van der Waals surface area contributed by atoms with Crippen LogP contribution in [0, 0.1) is 11.8 Å². The number of hydrogen-bond donors (Lipinski definition) is 1. The lowest BCUT2D eigenvalue weighted by molar-refractivity contribution is 0.214. The van der Waals surface area contributed by atoms with E-state index in [1.807, 2.05) is 0 Å². The van der Waals surface area contributed by atoms with Gasteiger partial charge in [-0.3, -0.25) is 4.99 Å². The summed E-state index contributed by atoms with van der Waals surface area (Å²) in [6.07, 6.45) is 6.38. The average molecular weight is 357 g/mol. The fourth-order valence-corrected chi connectivity index (χ4v) is 4.27. The van der Waals surface area contributed by atoms with E-state index >= 15 is 0 Å². The van der Waals surface area contributed by atoms with Gasteiger partial charge in [0.05, 0.1) is 0 Å². The molecule has 4 heteroatoms. The van der Waals surface area contributed by atoms with E-state index in [2.05, 4.69) is 59.4 Å². The van der Waals surface area contributed by atoms with Gasteiger partial charge in [-0.05, 0) is 76.6 Å². The highest BCUT2D eigenvalue weighted by molar-refractivity contribution is 5.80. The van der Waals surface area contributed by atoms with Gasteiger partial charge < -0.3 is 15.1 Å². The summed E-state index contributed by atoms with van der Waals surface area (Å²) in [6, 6.07) is 10.9. The first-order valence-electron chi connectivity index (χ1n) is 10.5. The van der Waals surface area contributed by atoms with E-state index in [0.29, 0.717) is 0 Å². The third-order valence-electron chi connectivity index (χ3n) is 5.92. The fourth-order valence-electron chi connectivity index (χ4n) is 4.27. The molecule has 1 N–H and O–H groups in total. The Labute approximate surface area is 159 Å². The van der Waals surface area contributed by atoms with Crippen molar-refractivity contribution in [2.75, 3.05) is 46.3 Å². The smallest absolute Gasteiger partial charge is 0.193 e. The summed E-state index contributed by atoms with van der Waals surface area (Å²) >= 11 is 0. The SMILES string of the molecule is CCNC(=NCCC1CCN(C)CC1)N1CCC(Cc2ccccc2)C1. The molecule has 0 aliphatic carbocycles. The second kappa shape index (κ2) is 9.96. The Morgan fingerprint density at radius 2 is 1.81 bits per heavy atom. The van der Waals surface area contributed by atoms with E-state index in [0.717, 1.165) is 44.0 Å². The molecule has 0 spiro atoms. The summed E-state index contributed by atoms with van der Waals surface area (Å²) in [7, 11) is 2.23. The molecule has 2 fully saturated rings. The molecule has 0 radical (unpaired) electrons. The molecule has 0 bridgehead atoms. The molecule has 0 saturated carbocycles. The molecule has 1 atom stereocenters. The molecule has 144 valence electrons. The fraction of sp³-hybridized carbons (Fsp3) is 0.682. The number of guanidine groups is 1. The van der Waals surface area contributed by atoms with Crippen molar-refractivity contribution in [2.45, 2.75) is 39.0 Å². The van der Waals surface area contributed by atoms with E-state index in [1.54, 1.807) is 0 Å². The van der Waals surface area contributed by atoms with Crippen LogP contribution in [0.1, 0.15) is 38.2 Å². The quantitative estimate of drug-likeness (QED) is 0.627. The Balaban J connectivity index is 1.47. The van der Waals surface area contributed by atoms with Crippen molar-refractivity contribution in [1.29, 1.82) is 0 Å². The van der Waals surface area contributed by atoms with Crippen molar-refractivity contribution in [3.05, 3.63) is 35.9 Å². The predicted molar refractivity (Wildman–Crippen MR) is 111 cm³/mol. The van der Waals surface area contributed by atoms with Gasteiger partial charge >= 0.3 is 0 Å². The summed E-state index contributed by atoms with van der Waals surface area (Å²) in [4.78, 5) is 9.89.